The quantitative estimate of drug-likeness (QED) is 0.638. The van der Waals surface area contributed by atoms with Gasteiger partial charge < -0.3 is 4.90 Å². The third-order valence-electron chi connectivity index (χ3n) is 4.78. The van der Waals surface area contributed by atoms with Crippen LogP contribution in [0.5, 0.6) is 0 Å². The van der Waals surface area contributed by atoms with Crippen LogP contribution in [0.3, 0.4) is 0 Å². The first-order valence-electron chi connectivity index (χ1n) is 8.71. The summed E-state index contributed by atoms with van der Waals surface area (Å²) in [6, 6.07) is 18.9. The second kappa shape index (κ2) is 7.63. The molecule has 0 saturated carbocycles. The fourth-order valence-electron chi connectivity index (χ4n) is 3.44. The number of nitrogens with zero attached hydrogens (tertiary/aromatic N) is 1. The van der Waals surface area contributed by atoms with Crippen molar-refractivity contribution in [3.8, 4) is 0 Å². The number of carbonyl (C=O) groups is 1. The number of fused-ring (bicyclic) bond motifs is 1. The van der Waals surface area contributed by atoms with Crippen molar-refractivity contribution in [1.29, 1.82) is 0 Å². The Morgan fingerprint density at radius 2 is 1.92 bits per heavy atom. The van der Waals surface area contributed by atoms with E-state index in [0.717, 1.165) is 30.8 Å². The van der Waals surface area contributed by atoms with Crippen molar-refractivity contribution >= 4 is 39.8 Å². The van der Waals surface area contributed by atoms with E-state index in [2.05, 4.69) is 52.7 Å². The van der Waals surface area contributed by atoms with Crippen LogP contribution in [-0.4, -0.2) is 29.6 Å². The predicted octanol–water partition coefficient (Wildman–Crippen LogP) is 5.15. The Bertz CT molecular complexity index is 854. The normalized spacial score (nSPS) is 18.2. The summed E-state index contributed by atoms with van der Waals surface area (Å²) in [5, 5.41) is 5.08. The molecule has 1 aliphatic rings. The van der Waals surface area contributed by atoms with Crippen LogP contribution in [0.4, 0.5) is 0 Å². The summed E-state index contributed by atoms with van der Waals surface area (Å²) in [4.78, 5) is 16.4. The lowest BCUT2D eigenvalue weighted by atomic mass is 10.0. The molecule has 1 fully saturated rings. The third-order valence-corrected chi connectivity index (χ3v) is 7.22. The van der Waals surface area contributed by atoms with Gasteiger partial charge in [0, 0.05) is 29.0 Å². The maximum atomic E-state index is 12.9. The Balaban J connectivity index is 1.46. The second-order valence-electron chi connectivity index (χ2n) is 6.36. The summed E-state index contributed by atoms with van der Waals surface area (Å²) >= 11 is 3.82. The minimum absolute atomic E-state index is 0.254. The highest BCUT2D eigenvalue weighted by Crippen LogP contribution is 2.36. The summed E-state index contributed by atoms with van der Waals surface area (Å²) in [6.07, 6.45) is 1.54. The zero-order valence-corrected chi connectivity index (χ0v) is 15.7. The van der Waals surface area contributed by atoms with Crippen LogP contribution < -0.4 is 0 Å². The Morgan fingerprint density at radius 1 is 1.04 bits per heavy atom. The van der Waals surface area contributed by atoms with E-state index in [1.165, 1.54) is 15.6 Å². The molecule has 2 aromatic carbocycles. The minimum Gasteiger partial charge on any atom is -0.342 e. The monoisotopic (exact) mass is 367 g/mol. The molecule has 2 nitrogen and oxygen atoms in total. The van der Waals surface area contributed by atoms with Gasteiger partial charge in [0.2, 0.25) is 5.91 Å². The SMILES string of the molecule is O=C(Cc1cccc2ccccc12)N1CCS[C@@H](c2cccs2)CC1. The Hall–Kier alpha value is -1.78. The highest BCUT2D eigenvalue weighted by atomic mass is 32.2. The molecule has 0 bridgehead atoms. The zero-order chi connectivity index (χ0) is 17.1. The van der Waals surface area contributed by atoms with Crippen LogP contribution in [0.15, 0.2) is 60.0 Å². The molecule has 0 radical (unpaired) electrons. The number of thiophene rings is 1. The van der Waals surface area contributed by atoms with E-state index < -0.39 is 0 Å². The molecule has 0 spiro atoms. The summed E-state index contributed by atoms with van der Waals surface area (Å²) in [5.41, 5.74) is 1.13. The number of thioether (sulfide) groups is 1. The van der Waals surface area contributed by atoms with Crippen molar-refractivity contribution < 1.29 is 4.79 Å². The largest absolute Gasteiger partial charge is 0.342 e. The fraction of sp³-hybridized carbons (Fsp3) is 0.286. The summed E-state index contributed by atoms with van der Waals surface area (Å²) < 4.78 is 0. The average Bonchev–Trinajstić information content (AvgIpc) is 3.06. The summed E-state index contributed by atoms with van der Waals surface area (Å²) in [5.74, 6) is 1.27. The van der Waals surface area contributed by atoms with Crippen LogP contribution in [0.2, 0.25) is 0 Å². The van der Waals surface area contributed by atoms with E-state index in [1.54, 1.807) is 0 Å². The van der Waals surface area contributed by atoms with Crippen LogP contribution in [0.1, 0.15) is 22.1 Å². The molecule has 4 heteroatoms. The molecule has 4 rings (SSSR count). The van der Waals surface area contributed by atoms with Gasteiger partial charge in [-0.05, 0) is 34.2 Å². The van der Waals surface area contributed by atoms with Crippen molar-refractivity contribution in [1.82, 2.24) is 4.90 Å². The minimum atomic E-state index is 0.254. The first-order valence-corrected chi connectivity index (χ1v) is 10.6. The number of carbonyl (C=O) groups excluding carboxylic acids is 1. The van der Waals surface area contributed by atoms with Gasteiger partial charge in [-0.25, -0.2) is 0 Å². The molecule has 1 aliphatic heterocycles. The van der Waals surface area contributed by atoms with Crippen LogP contribution in [0, 0.1) is 0 Å². The van der Waals surface area contributed by atoms with Gasteiger partial charge in [-0.1, -0.05) is 48.5 Å². The first kappa shape index (κ1) is 16.7. The molecule has 2 heterocycles. The van der Waals surface area contributed by atoms with E-state index in [9.17, 15) is 4.79 Å². The molecule has 0 unspecified atom stereocenters. The predicted molar refractivity (Wildman–Crippen MR) is 108 cm³/mol. The zero-order valence-electron chi connectivity index (χ0n) is 14.1. The number of amides is 1. The van der Waals surface area contributed by atoms with Crippen molar-refractivity contribution in [3.63, 3.8) is 0 Å². The van der Waals surface area contributed by atoms with Crippen LogP contribution in [0.25, 0.3) is 10.8 Å². The fourth-order valence-corrected chi connectivity index (χ4v) is 5.68. The van der Waals surface area contributed by atoms with Crippen molar-refractivity contribution in [2.75, 3.05) is 18.8 Å². The van der Waals surface area contributed by atoms with Gasteiger partial charge in [-0.3, -0.25) is 4.79 Å². The van der Waals surface area contributed by atoms with Gasteiger partial charge in [0.05, 0.1) is 6.42 Å². The van der Waals surface area contributed by atoms with Gasteiger partial charge in [0.1, 0.15) is 0 Å². The Morgan fingerprint density at radius 3 is 2.80 bits per heavy atom. The standard InChI is InChI=1S/C21H21NOS2/c23-21(15-17-7-3-6-16-5-1-2-8-18(16)17)22-11-10-20(25-14-12-22)19-9-4-13-24-19/h1-9,13,20H,10-12,14-15H2/t20-/m1/s1. The molecule has 0 aliphatic carbocycles. The van der Waals surface area contributed by atoms with Crippen molar-refractivity contribution in [2.24, 2.45) is 0 Å². The maximum absolute atomic E-state index is 12.9. The number of rotatable bonds is 3. The van der Waals surface area contributed by atoms with Crippen LogP contribution >= 0.6 is 23.1 Å². The summed E-state index contributed by atoms with van der Waals surface area (Å²) in [6.45, 7) is 1.72. The van der Waals surface area contributed by atoms with E-state index in [0.29, 0.717) is 11.7 Å². The number of hydrogen-bond donors (Lipinski definition) is 0. The van der Waals surface area contributed by atoms with E-state index in [4.69, 9.17) is 0 Å². The highest BCUT2D eigenvalue weighted by molar-refractivity contribution is 7.99. The van der Waals surface area contributed by atoms with Gasteiger partial charge in [-0.15, -0.1) is 11.3 Å². The van der Waals surface area contributed by atoms with Crippen LogP contribution in [-0.2, 0) is 11.2 Å². The van der Waals surface area contributed by atoms with Gasteiger partial charge in [0.15, 0.2) is 0 Å². The lowest BCUT2D eigenvalue weighted by Crippen LogP contribution is -2.34. The lowest BCUT2D eigenvalue weighted by Gasteiger charge is -2.20. The van der Waals surface area contributed by atoms with Crippen molar-refractivity contribution in [3.05, 3.63) is 70.4 Å². The smallest absolute Gasteiger partial charge is 0.227 e. The molecule has 1 atom stereocenters. The first-order chi connectivity index (χ1) is 12.3. The van der Waals surface area contributed by atoms with Gasteiger partial charge in [0.25, 0.3) is 0 Å². The molecule has 3 aromatic rings. The van der Waals surface area contributed by atoms with Gasteiger partial charge in [-0.2, -0.15) is 11.8 Å². The highest BCUT2D eigenvalue weighted by Gasteiger charge is 2.22. The number of hydrogen-bond acceptors (Lipinski definition) is 3. The molecule has 0 N–H and O–H groups in total. The molecule has 25 heavy (non-hydrogen) atoms. The Kier molecular flexibility index (Phi) is 5.09. The lowest BCUT2D eigenvalue weighted by molar-refractivity contribution is -0.130. The molecule has 1 amide bonds. The maximum Gasteiger partial charge on any atom is 0.227 e. The topological polar surface area (TPSA) is 20.3 Å². The van der Waals surface area contributed by atoms with E-state index in [-0.39, 0.29) is 5.91 Å². The molecular weight excluding hydrogens is 346 g/mol. The molecule has 1 saturated heterocycles. The summed E-state index contributed by atoms with van der Waals surface area (Å²) in [7, 11) is 0. The number of benzene rings is 2. The second-order valence-corrected chi connectivity index (χ2v) is 8.65. The van der Waals surface area contributed by atoms with E-state index in [1.807, 2.05) is 35.2 Å². The van der Waals surface area contributed by atoms with Gasteiger partial charge >= 0.3 is 0 Å². The average molecular weight is 368 g/mol. The van der Waals surface area contributed by atoms with Crippen molar-refractivity contribution in [2.45, 2.75) is 18.1 Å². The Labute approximate surface area is 156 Å². The third kappa shape index (κ3) is 3.75. The molecule has 1 aromatic heterocycles. The molecular formula is C21H21NOS2. The molecule has 128 valence electrons. The van der Waals surface area contributed by atoms with E-state index >= 15 is 0 Å².